The van der Waals surface area contributed by atoms with Gasteiger partial charge in [-0.05, 0) is 30.5 Å². The first-order valence-electron chi connectivity index (χ1n) is 7.89. The Labute approximate surface area is 119 Å². The first-order valence-corrected chi connectivity index (χ1v) is 6.31. The average Bonchev–Trinajstić information content (AvgIpc) is 2.43. The van der Waals surface area contributed by atoms with Gasteiger partial charge in [-0.2, -0.15) is 0 Å². The minimum atomic E-state index is -2.34. The molecule has 100 valence electrons. The van der Waals surface area contributed by atoms with Gasteiger partial charge in [0.05, 0.1) is 9.30 Å². The highest BCUT2D eigenvalue weighted by Crippen LogP contribution is 2.09. The van der Waals surface area contributed by atoms with Crippen LogP contribution < -0.4 is 5.32 Å². The Kier molecular flexibility index (Phi) is 3.49. The van der Waals surface area contributed by atoms with Gasteiger partial charge in [-0.3, -0.25) is 0 Å². The van der Waals surface area contributed by atoms with Crippen LogP contribution in [0.5, 0.6) is 0 Å². The molecule has 0 fully saturated rings. The summed E-state index contributed by atoms with van der Waals surface area (Å²) in [6.45, 7) is 1.76. The van der Waals surface area contributed by atoms with E-state index in [-0.39, 0.29) is 5.56 Å². The smallest absolute Gasteiger partial charge is 0.0681 e. The summed E-state index contributed by atoms with van der Waals surface area (Å²) >= 11 is 0. The van der Waals surface area contributed by atoms with Gasteiger partial charge >= 0.3 is 0 Å². The van der Waals surface area contributed by atoms with Gasteiger partial charge in [-0.15, -0.1) is 0 Å². The first kappa shape index (κ1) is 10.2. The number of rotatable bonds is 5. The molecule has 2 N–H and O–H groups in total. The van der Waals surface area contributed by atoms with Crippen LogP contribution in [-0.2, 0) is 19.6 Å². The van der Waals surface area contributed by atoms with Crippen LogP contribution >= 0.6 is 0 Å². The molecule has 0 aromatic heterocycles. The highest BCUT2D eigenvalue weighted by Gasteiger charge is 1.97. The third kappa shape index (κ3) is 4.19. The largest absolute Gasteiger partial charge is 0.392 e. The Balaban J connectivity index is 2.01. The molecular formula is C17H21NO. The van der Waals surface area contributed by atoms with Crippen molar-refractivity contribution in [2.75, 3.05) is 0 Å². The molecular weight excluding hydrogens is 234 g/mol. The lowest BCUT2D eigenvalue weighted by Crippen LogP contribution is -2.12. The van der Waals surface area contributed by atoms with Crippen molar-refractivity contribution in [1.82, 2.24) is 5.32 Å². The fourth-order valence-corrected chi connectivity index (χ4v) is 2.11. The van der Waals surface area contributed by atoms with Gasteiger partial charge in [0.25, 0.3) is 0 Å². The van der Waals surface area contributed by atoms with Crippen molar-refractivity contribution in [1.29, 1.82) is 0 Å². The van der Waals surface area contributed by atoms with E-state index in [9.17, 15) is 5.11 Å². The summed E-state index contributed by atoms with van der Waals surface area (Å²) in [4.78, 5) is 0. The minimum absolute atomic E-state index is 0.192. The molecule has 2 nitrogen and oxygen atoms in total. The van der Waals surface area contributed by atoms with Crippen LogP contribution in [0.25, 0.3) is 0 Å². The fourth-order valence-electron chi connectivity index (χ4n) is 2.11. The second kappa shape index (κ2) is 6.50. The van der Waals surface area contributed by atoms with E-state index in [4.69, 9.17) is 4.11 Å². The summed E-state index contributed by atoms with van der Waals surface area (Å²) in [5, 5.41) is 12.4. The lowest BCUT2D eigenvalue weighted by molar-refractivity contribution is 0.282. The summed E-state index contributed by atoms with van der Waals surface area (Å²) in [6, 6.07) is 12.6. The van der Waals surface area contributed by atoms with E-state index in [0.717, 1.165) is 11.1 Å². The van der Waals surface area contributed by atoms with E-state index in [2.05, 4.69) is 37.4 Å². The predicted molar refractivity (Wildman–Crippen MR) is 78.8 cm³/mol. The molecule has 0 aliphatic carbocycles. The molecule has 0 radical (unpaired) electrons. The van der Waals surface area contributed by atoms with Crippen molar-refractivity contribution in [2.24, 2.45) is 0 Å². The first-order chi connectivity index (χ1) is 10.3. The van der Waals surface area contributed by atoms with Crippen molar-refractivity contribution in [3.05, 3.63) is 70.3 Å². The van der Waals surface area contributed by atoms with E-state index < -0.39 is 13.1 Å². The van der Waals surface area contributed by atoms with Crippen LogP contribution in [-0.4, -0.2) is 5.11 Å². The van der Waals surface area contributed by atoms with E-state index in [1.807, 2.05) is 0 Å². The second-order valence-electron chi connectivity index (χ2n) is 4.76. The summed E-state index contributed by atoms with van der Waals surface area (Å²) in [5.41, 5.74) is 4.47. The van der Waals surface area contributed by atoms with Gasteiger partial charge in [-0.1, -0.05) is 53.6 Å². The van der Waals surface area contributed by atoms with Crippen LogP contribution in [0.2, 0.25) is 0 Å². The third-order valence-electron chi connectivity index (χ3n) is 2.90. The fraction of sp³-hybridized carbons (Fsp3) is 0.294. The minimum Gasteiger partial charge on any atom is -0.392 e. The number of benzene rings is 2. The molecule has 2 aromatic rings. The molecule has 0 bridgehead atoms. The summed E-state index contributed by atoms with van der Waals surface area (Å²) in [5.74, 6) is 0. The Morgan fingerprint density at radius 1 is 0.947 bits per heavy atom. The summed E-state index contributed by atoms with van der Waals surface area (Å²) in [7, 11) is 0. The molecule has 1 unspecified atom stereocenters. The predicted octanol–water partition coefficient (Wildman–Crippen LogP) is 3.09. The van der Waals surface area contributed by atoms with Crippen LogP contribution in [0.15, 0.2) is 42.5 Å². The molecule has 19 heavy (non-hydrogen) atoms. The number of aliphatic hydroxyl groups is 1. The van der Waals surface area contributed by atoms with Gasteiger partial charge in [0, 0.05) is 14.4 Å². The Bertz CT molecular complexity index is 615. The molecule has 0 saturated heterocycles. The van der Waals surface area contributed by atoms with E-state index in [0.29, 0.717) is 6.54 Å². The van der Waals surface area contributed by atoms with Crippen LogP contribution in [0.4, 0.5) is 0 Å². The molecule has 0 amide bonds. The monoisotopic (exact) mass is 258 g/mol. The lowest BCUT2D eigenvalue weighted by Gasteiger charge is -2.08. The Hall–Kier alpha value is -1.64. The third-order valence-corrected chi connectivity index (χ3v) is 2.90. The average molecular weight is 258 g/mol. The van der Waals surface area contributed by atoms with Crippen molar-refractivity contribution < 1.29 is 9.22 Å². The molecule has 2 aromatic carbocycles. The SMILES string of the molecule is [2H]C(NCc1cc(C)cc(C)c1)c1ccc(C([2H])([2H])O)cc1. The molecule has 0 aliphatic rings. The lowest BCUT2D eigenvalue weighted by atomic mass is 10.1. The van der Waals surface area contributed by atoms with Gasteiger partial charge in [0.15, 0.2) is 0 Å². The molecule has 0 spiro atoms. The standard InChI is InChI=1S/C17H21NO/c1-13-7-14(2)9-17(8-13)11-18-10-15-3-5-16(12-19)6-4-15/h3-9,18-19H,10-12H2,1-2H3/i10D,12D2. The normalized spacial score (nSPS) is 15.4. The van der Waals surface area contributed by atoms with Gasteiger partial charge < -0.3 is 10.4 Å². The summed E-state index contributed by atoms with van der Waals surface area (Å²) < 4.78 is 22.6. The van der Waals surface area contributed by atoms with Crippen LogP contribution in [0.1, 0.15) is 31.9 Å². The van der Waals surface area contributed by atoms with Crippen LogP contribution in [0.3, 0.4) is 0 Å². The van der Waals surface area contributed by atoms with Crippen molar-refractivity contribution in [3.63, 3.8) is 0 Å². The maximum absolute atomic E-state index is 9.29. The zero-order chi connectivity index (χ0) is 16.3. The quantitative estimate of drug-likeness (QED) is 0.864. The van der Waals surface area contributed by atoms with Gasteiger partial charge in [0.2, 0.25) is 0 Å². The Morgan fingerprint density at radius 3 is 2.11 bits per heavy atom. The van der Waals surface area contributed by atoms with Crippen molar-refractivity contribution in [3.8, 4) is 0 Å². The number of aryl methyl sites for hydroxylation is 2. The number of hydrogen-bond donors (Lipinski definition) is 2. The molecule has 2 heteroatoms. The zero-order valence-electron chi connectivity index (χ0n) is 14.3. The van der Waals surface area contributed by atoms with Gasteiger partial charge in [-0.25, -0.2) is 0 Å². The van der Waals surface area contributed by atoms with Crippen molar-refractivity contribution in [2.45, 2.75) is 33.5 Å². The van der Waals surface area contributed by atoms with E-state index in [1.165, 1.54) is 23.3 Å². The Morgan fingerprint density at radius 2 is 1.53 bits per heavy atom. The van der Waals surface area contributed by atoms with Gasteiger partial charge in [0.1, 0.15) is 0 Å². The van der Waals surface area contributed by atoms with Crippen molar-refractivity contribution >= 4 is 0 Å². The molecule has 1 atom stereocenters. The molecule has 2 rings (SSSR count). The zero-order valence-corrected chi connectivity index (χ0v) is 11.3. The molecule has 0 saturated carbocycles. The number of hydrogen-bond acceptors (Lipinski definition) is 2. The van der Waals surface area contributed by atoms with Crippen LogP contribution in [0, 0.1) is 13.8 Å². The summed E-state index contributed by atoms with van der Waals surface area (Å²) in [6.07, 6.45) is 0. The molecule has 0 aliphatic heterocycles. The highest BCUT2D eigenvalue weighted by atomic mass is 16.3. The maximum atomic E-state index is 9.29. The highest BCUT2D eigenvalue weighted by molar-refractivity contribution is 5.28. The maximum Gasteiger partial charge on any atom is 0.0681 e. The second-order valence-corrected chi connectivity index (χ2v) is 4.76. The van der Waals surface area contributed by atoms with E-state index in [1.54, 1.807) is 12.1 Å². The topological polar surface area (TPSA) is 32.3 Å². The van der Waals surface area contributed by atoms with E-state index >= 15 is 0 Å². The number of nitrogens with one attached hydrogen (secondary N) is 1. The molecule has 0 heterocycles.